The number of aliphatic hydroxyl groups excluding tert-OH is 1. The molecule has 0 aromatic rings. The summed E-state index contributed by atoms with van der Waals surface area (Å²) in [6.45, 7) is 3.80. The first kappa shape index (κ1) is 18.1. The first-order valence-corrected chi connectivity index (χ1v) is 8.75. The van der Waals surface area contributed by atoms with E-state index in [9.17, 15) is 19.5 Å². The van der Waals surface area contributed by atoms with E-state index in [2.05, 4.69) is 0 Å². The van der Waals surface area contributed by atoms with E-state index in [-0.39, 0.29) is 51.2 Å². The maximum absolute atomic E-state index is 12.6. The minimum atomic E-state index is -1.63. The zero-order valence-corrected chi connectivity index (χ0v) is 14.5. The molecular weight excluding hydrogens is 332 g/mol. The average Bonchev–Trinajstić information content (AvgIpc) is 3.08. The van der Waals surface area contributed by atoms with Crippen molar-refractivity contribution in [3.63, 3.8) is 0 Å². The first-order chi connectivity index (χ1) is 11.9. The molecule has 25 heavy (non-hydrogen) atoms. The van der Waals surface area contributed by atoms with E-state index in [1.54, 1.807) is 13.8 Å². The van der Waals surface area contributed by atoms with Crippen LogP contribution in [0.25, 0.3) is 0 Å². The van der Waals surface area contributed by atoms with E-state index in [1.807, 2.05) is 0 Å². The van der Waals surface area contributed by atoms with Gasteiger partial charge in [-0.2, -0.15) is 0 Å². The lowest BCUT2D eigenvalue weighted by Crippen LogP contribution is -2.54. The third-order valence-corrected chi connectivity index (χ3v) is 5.54. The molecule has 1 saturated carbocycles. The number of ether oxygens (including phenoxy) is 4. The number of hydrogen-bond acceptors (Lipinski definition) is 8. The average molecular weight is 356 g/mol. The number of rotatable bonds is 4. The van der Waals surface area contributed by atoms with Crippen LogP contribution in [0.15, 0.2) is 0 Å². The zero-order chi connectivity index (χ0) is 18.2. The van der Waals surface area contributed by atoms with Crippen molar-refractivity contribution in [1.82, 2.24) is 0 Å². The maximum atomic E-state index is 12.6. The van der Waals surface area contributed by atoms with Crippen molar-refractivity contribution in [3.05, 3.63) is 0 Å². The topological polar surface area (TPSA) is 108 Å². The standard InChI is InChI=1S/C17H24O8/c1-3-22-14(20)16(15(21)23-4-2)8-12(18)17(9-16)10-7-13(19)25-11(10)5-6-24-17/h10-12,18H,3-9H2,1-2H3/t10-,11-,12?,17+/m1/s1. The maximum Gasteiger partial charge on any atom is 0.323 e. The molecule has 0 aromatic heterocycles. The van der Waals surface area contributed by atoms with Gasteiger partial charge in [0.15, 0.2) is 5.41 Å². The summed E-state index contributed by atoms with van der Waals surface area (Å²) in [6, 6.07) is 0. The lowest BCUT2D eigenvalue weighted by molar-refractivity contribution is -0.192. The van der Waals surface area contributed by atoms with Crippen LogP contribution in [0.4, 0.5) is 0 Å². The van der Waals surface area contributed by atoms with E-state index in [0.717, 1.165) is 0 Å². The smallest absolute Gasteiger partial charge is 0.323 e. The van der Waals surface area contributed by atoms with E-state index in [4.69, 9.17) is 18.9 Å². The highest BCUT2D eigenvalue weighted by atomic mass is 16.6. The Morgan fingerprint density at radius 1 is 1.24 bits per heavy atom. The van der Waals surface area contributed by atoms with Crippen molar-refractivity contribution in [2.24, 2.45) is 11.3 Å². The van der Waals surface area contributed by atoms with E-state index in [1.165, 1.54) is 0 Å². The fourth-order valence-corrected chi connectivity index (χ4v) is 4.45. The summed E-state index contributed by atoms with van der Waals surface area (Å²) in [5, 5.41) is 10.8. The van der Waals surface area contributed by atoms with E-state index >= 15 is 0 Å². The fourth-order valence-electron chi connectivity index (χ4n) is 4.45. The van der Waals surface area contributed by atoms with Gasteiger partial charge in [0, 0.05) is 25.2 Å². The highest BCUT2D eigenvalue weighted by Gasteiger charge is 2.69. The van der Waals surface area contributed by atoms with Crippen molar-refractivity contribution in [2.45, 2.75) is 57.3 Å². The summed E-state index contributed by atoms with van der Waals surface area (Å²) in [6.07, 6.45) is -1.04. The molecule has 1 N–H and O–H groups in total. The Labute approximate surface area is 145 Å². The lowest BCUT2D eigenvalue weighted by atomic mass is 9.74. The summed E-state index contributed by atoms with van der Waals surface area (Å²) in [5.74, 6) is -2.19. The normalized spacial score (nSPS) is 36.0. The van der Waals surface area contributed by atoms with Crippen LogP contribution in [0, 0.1) is 11.3 Å². The summed E-state index contributed by atoms with van der Waals surface area (Å²) in [4.78, 5) is 37.0. The molecule has 2 heterocycles. The van der Waals surface area contributed by atoms with Crippen LogP contribution in [0.5, 0.6) is 0 Å². The Morgan fingerprint density at radius 3 is 2.48 bits per heavy atom. The van der Waals surface area contributed by atoms with Gasteiger partial charge in [0.05, 0.1) is 32.3 Å². The second-order valence-electron chi connectivity index (χ2n) is 6.85. The van der Waals surface area contributed by atoms with Gasteiger partial charge in [0.25, 0.3) is 0 Å². The number of aliphatic hydroxyl groups is 1. The van der Waals surface area contributed by atoms with Crippen LogP contribution in [-0.2, 0) is 33.3 Å². The second kappa shape index (κ2) is 6.57. The van der Waals surface area contributed by atoms with Crippen molar-refractivity contribution < 1.29 is 38.4 Å². The Kier molecular flexibility index (Phi) is 4.76. The minimum Gasteiger partial charge on any atom is -0.465 e. The molecule has 2 aliphatic heterocycles. The molecule has 0 radical (unpaired) electrons. The Hall–Kier alpha value is -1.67. The van der Waals surface area contributed by atoms with Crippen molar-refractivity contribution >= 4 is 17.9 Å². The monoisotopic (exact) mass is 356 g/mol. The first-order valence-electron chi connectivity index (χ1n) is 8.75. The van der Waals surface area contributed by atoms with E-state index < -0.39 is 35.0 Å². The second-order valence-corrected chi connectivity index (χ2v) is 6.85. The van der Waals surface area contributed by atoms with Crippen molar-refractivity contribution in [1.29, 1.82) is 0 Å². The summed E-state index contributed by atoms with van der Waals surface area (Å²) < 4.78 is 21.5. The van der Waals surface area contributed by atoms with Gasteiger partial charge >= 0.3 is 17.9 Å². The van der Waals surface area contributed by atoms with Crippen molar-refractivity contribution in [3.8, 4) is 0 Å². The zero-order valence-electron chi connectivity index (χ0n) is 14.5. The van der Waals surface area contributed by atoms with Crippen LogP contribution in [-0.4, -0.2) is 60.6 Å². The predicted molar refractivity (Wildman–Crippen MR) is 82.2 cm³/mol. The van der Waals surface area contributed by atoms with Gasteiger partial charge in [-0.25, -0.2) is 0 Å². The summed E-state index contributed by atoms with van der Waals surface area (Å²) >= 11 is 0. The summed E-state index contributed by atoms with van der Waals surface area (Å²) in [7, 11) is 0. The van der Waals surface area contributed by atoms with E-state index in [0.29, 0.717) is 6.42 Å². The van der Waals surface area contributed by atoms with Gasteiger partial charge in [-0.1, -0.05) is 0 Å². The van der Waals surface area contributed by atoms with Crippen LogP contribution < -0.4 is 0 Å². The molecule has 0 amide bonds. The molecular formula is C17H24O8. The molecule has 0 bridgehead atoms. The molecule has 1 spiro atoms. The van der Waals surface area contributed by atoms with Crippen LogP contribution >= 0.6 is 0 Å². The third kappa shape index (κ3) is 2.71. The fraction of sp³-hybridized carbons (Fsp3) is 0.824. The number of fused-ring (bicyclic) bond motifs is 2. The molecule has 8 heteroatoms. The molecule has 3 fully saturated rings. The molecule has 0 aromatic carbocycles. The lowest BCUT2D eigenvalue weighted by Gasteiger charge is -2.43. The molecule has 3 rings (SSSR count). The molecule has 2 saturated heterocycles. The van der Waals surface area contributed by atoms with Crippen LogP contribution in [0.2, 0.25) is 0 Å². The Balaban J connectivity index is 1.96. The Bertz CT molecular complexity index is 555. The highest BCUT2D eigenvalue weighted by Crippen LogP contribution is 2.56. The largest absolute Gasteiger partial charge is 0.465 e. The van der Waals surface area contributed by atoms with Crippen LogP contribution in [0.1, 0.15) is 39.5 Å². The van der Waals surface area contributed by atoms with Gasteiger partial charge in [-0.05, 0) is 13.8 Å². The number of carbonyl (C=O) groups excluding carboxylic acids is 3. The number of carbonyl (C=O) groups is 3. The molecule has 4 atom stereocenters. The number of esters is 3. The van der Waals surface area contributed by atoms with Gasteiger partial charge in [-0.15, -0.1) is 0 Å². The van der Waals surface area contributed by atoms with Crippen molar-refractivity contribution in [2.75, 3.05) is 19.8 Å². The highest BCUT2D eigenvalue weighted by molar-refractivity contribution is 6.01. The van der Waals surface area contributed by atoms with Gasteiger partial charge in [0.1, 0.15) is 11.7 Å². The quantitative estimate of drug-likeness (QED) is 0.436. The molecule has 1 aliphatic carbocycles. The molecule has 8 nitrogen and oxygen atoms in total. The Morgan fingerprint density at radius 2 is 1.88 bits per heavy atom. The molecule has 1 unspecified atom stereocenters. The summed E-state index contributed by atoms with van der Waals surface area (Å²) in [5.41, 5.74) is -2.81. The molecule has 140 valence electrons. The van der Waals surface area contributed by atoms with Gasteiger partial charge < -0.3 is 24.1 Å². The van der Waals surface area contributed by atoms with Crippen LogP contribution in [0.3, 0.4) is 0 Å². The predicted octanol–water partition coefficient (Wildman–Crippen LogP) is 0.345. The molecule has 3 aliphatic rings. The van der Waals surface area contributed by atoms with Gasteiger partial charge in [0.2, 0.25) is 0 Å². The minimum absolute atomic E-state index is 0.0728. The SMILES string of the molecule is CCOC(=O)C1(C(=O)OCC)CC(O)[C@@]2(C1)OCC[C@H]1OC(=O)C[C@H]12. The third-order valence-electron chi connectivity index (χ3n) is 5.54. The van der Waals surface area contributed by atoms with Gasteiger partial charge in [-0.3, -0.25) is 14.4 Å². The number of hydrogen-bond donors (Lipinski definition) is 1.